The van der Waals surface area contributed by atoms with Gasteiger partial charge < -0.3 is 10.1 Å². The normalized spacial score (nSPS) is 26.6. The summed E-state index contributed by atoms with van der Waals surface area (Å²) < 4.78 is 5.61. The number of hydrogen-bond donors (Lipinski definition) is 2. The van der Waals surface area contributed by atoms with Crippen LogP contribution in [0.5, 0.6) is 0 Å². The first-order valence-corrected chi connectivity index (χ1v) is 7.10. The van der Waals surface area contributed by atoms with Crippen LogP contribution in [-0.2, 0) is 4.74 Å². The molecule has 1 saturated carbocycles. The number of ether oxygens (including phenoxy) is 1. The summed E-state index contributed by atoms with van der Waals surface area (Å²) in [6, 6.07) is 0. The van der Waals surface area contributed by atoms with E-state index in [0.717, 1.165) is 38.1 Å². The van der Waals surface area contributed by atoms with Crippen LogP contribution in [0.1, 0.15) is 55.0 Å². The maximum Gasteiger partial charge on any atom is 0.290 e. The Morgan fingerprint density at radius 3 is 3.05 bits per heavy atom. The molecule has 0 spiro atoms. The SMILES string of the molecule is CCC1OCCC1CNC(=O)c1n[nH]c(C2CC2)n1. The molecular weight excluding hydrogens is 244 g/mol. The first-order chi connectivity index (χ1) is 9.28. The molecule has 2 N–H and O–H groups in total. The van der Waals surface area contributed by atoms with E-state index in [0.29, 0.717) is 18.4 Å². The van der Waals surface area contributed by atoms with Gasteiger partial charge in [0.1, 0.15) is 5.82 Å². The number of carbonyl (C=O) groups excluding carboxylic acids is 1. The minimum atomic E-state index is -0.190. The maximum absolute atomic E-state index is 12.0. The Hall–Kier alpha value is -1.43. The second kappa shape index (κ2) is 5.28. The van der Waals surface area contributed by atoms with Gasteiger partial charge in [0.05, 0.1) is 6.10 Å². The number of hydrogen-bond acceptors (Lipinski definition) is 4. The first-order valence-electron chi connectivity index (χ1n) is 7.10. The molecule has 1 saturated heterocycles. The monoisotopic (exact) mass is 264 g/mol. The van der Waals surface area contributed by atoms with E-state index in [2.05, 4.69) is 27.4 Å². The van der Waals surface area contributed by atoms with Crippen molar-refractivity contribution in [3.8, 4) is 0 Å². The number of rotatable bonds is 5. The summed E-state index contributed by atoms with van der Waals surface area (Å²) in [5.41, 5.74) is 0. The molecule has 0 bridgehead atoms. The number of aromatic amines is 1. The van der Waals surface area contributed by atoms with E-state index in [4.69, 9.17) is 4.74 Å². The van der Waals surface area contributed by atoms with Crippen LogP contribution in [0, 0.1) is 5.92 Å². The highest BCUT2D eigenvalue weighted by Gasteiger charge is 2.29. The molecule has 3 rings (SSSR count). The molecule has 2 fully saturated rings. The average Bonchev–Trinajstić information content (AvgIpc) is 3.00. The van der Waals surface area contributed by atoms with Crippen LogP contribution in [-0.4, -0.2) is 40.3 Å². The highest BCUT2D eigenvalue weighted by atomic mass is 16.5. The molecule has 2 aliphatic rings. The van der Waals surface area contributed by atoms with Crippen molar-refractivity contribution < 1.29 is 9.53 Å². The standard InChI is InChI=1S/C13H20N4O2/c1-2-10-9(5-6-19-10)7-14-13(18)12-15-11(16-17-12)8-3-4-8/h8-10H,2-7H2,1H3,(H,14,18)(H,15,16,17). The van der Waals surface area contributed by atoms with Crippen molar-refractivity contribution in [1.29, 1.82) is 0 Å². The number of carbonyl (C=O) groups is 1. The Morgan fingerprint density at radius 1 is 1.47 bits per heavy atom. The van der Waals surface area contributed by atoms with Gasteiger partial charge in [-0.2, -0.15) is 0 Å². The zero-order chi connectivity index (χ0) is 13.2. The summed E-state index contributed by atoms with van der Waals surface area (Å²) in [7, 11) is 0. The van der Waals surface area contributed by atoms with E-state index in [-0.39, 0.29) is 17.8 Å². The molecular formula is C13H20N4O2. The molecule has 6 heteroatoms. The number of H-pyrrole nitrogens is 1. The van der Waals surface area contributed by atoms with Gasteiger partial charge >= 0.3 is 0 Å². The van der Waals surface area contributed by atoms with Crippen molar-refractivity contribution in [3.63, 3.8) is 0 Å². The van der Waals surface area contributed by atoms with Crippen molar-refractivity contribution in [2.24, 2.45) is 5.92 Å². The molecule has 104 valence electrons. The molecule has 1 aliphatic heterocycles. The van der Waals surface area contributed by atoms with Crippen molar-refractivity contribution in [1.82, 2.24) is 20.5 Å². The van der Waals surface area contributed by atoms with Crippen LogP contribution in [0.25, 0.3) is 0 Å². The van der Waals surface area contributed by atoms with Crippen LogP contribution >= 0.6 is 0 Å². The highest BCUT2D eigenvalue weighted by molar-refractivity contribution is 5.90. The maximum atomic E-state index is 12.0. The molecule has 2 unspecified atom stereocenters. The molecule has 0 aromatic carbocycles. The summed E-state index contributed by atoms with van der Waals surface area (Å²) in [5, 5.41) is 9.75. The van der Waals surface area contributed by atoms with Gasteiger partial charge in [-0.15, -0.1) is 5.10 Å². The van der Waals surface area contributed by atoms with E-state index in [1.54, 1.807) is 0 Å². The molecule has 1 aromatic heterocycles. The van der Waals surface area contributed by atoms with E-state index < -0.39 is 0 Å². The van der Waals surface area contributed by atoms with Crippen molar-refractivity contribution in [2.75, 3.05) is 13.2 Å². The number of nitrogens with zero attached hydrogens (tertiary/aromatic N) is 2. The van der Waals surface area contributed by atoms with Gasteiger partial charge in [0.25, 0.3) is 5.91 Å². The third-order valence-corrected chi connectivity index (χ3v) is 3.94. The summed E-state index contributed by atoms with van der Waals surface area (Å²) in [6.07, 6.45) is 4.57. The summed E-state index contributed by atoms with van der Waals surface area (Å²) >= 11 is 0. The zero-order valence-electron chi connectivity index (χ0n) is 11.2. The lowest BCUT2D eigenvalue weighted by molar-refractivity contribution is 0.0823. The molecule has 6 nitrogen and oxygen atoms in total. The van der Waals surface area contributed by atoms with Gasteiger partial charge in [0, 0.05) is 25.0 Å². The van der Waals surface area contributed by atoms with E-state index in [1.807, 2.05) is 0 Å². The molecule has 1 aromatic rings. The van der Waals surface area contributed by atoms with Crippen LogP contribution in [0.2, 0.25) is 0 Å². The fourth-order valence-corrected chi connectivity index (χ4v) is 2.60. The average molecular weight is 264 g/mol. The predicted octanol–water partition coefficient (Wildman–Crippen LogP) is 1.23. The van der Waals surface area contributed by atoms with Gasteiger partial charge in [0.15, 0.2) is 0 Å². The third kappa shape index (κ3) is 2.78. The largest absolute Gasteiger partial charge is 0.378 e. The lowest BCUT2D eigenvalue weighted by atomic mass is 10.00. The van der Waals surface area contributed by atoms with Crippen LogP contribution in [0.4, 0.5) is 0 Å². The Labute approximate surface area is 112 Å². The highest BCUT2D eigenvalue weighted by Crippen LogP contribution is 2.37. The molecule has 2 heterocycles. The quantitative estimate of drug-likeness (QED) is 0.838. The predicted molar refractivity (Wildman–Crippen MR) is 68.8 cm³/mol. The second-order valence-corrected chi connectivity index (χ2v) is 5.39. The Balaban J connectivity index is 1.52. The van der Waals surface area contributed by atoms with Crippen LogP contribution < -0.4 is 5.32 Å². The lowest BCUT2D eigenvalue weighted by Crippen LogP contribution is -2.33. The van der Waals surface area contributed by atoms with E-state index >= 15 is 0 Å². The minimum absolute atomic E-state index is 0.190. The summed E-state index contributed by atoms with van der Waals surface area (Å²) in [5.74, 6) is 1.82. The van der Waals surface area contributed by atoms with Gasteiger partial charge in [0.2, 0.25) is 5.82 Å². The fraction of sp³-hybridized carbons (Fsp3) is 0.769. The van der Waals surface area contributed by atoms with Crippen molar-refractivity contribution >= 4 is 5.91 Å². The number of nitrogens with one attached hydrogen (secondary N) is 2. The Bertz CT molecular complexity index is 455. The fourth-order valence-electron chi connectivity index (χ4n) is 2.60. The molecule has 0 radical (unpaired) electrons. The Morgan fingerprint density at radius 2 is 2.32 bits per heavy atom. The second-order valence-electron chi connectivity index (χ2n) is 5.39. The lowest BCUT2D eigenvalue weighted by Gasteiger charge is -2.16. The molecule has 2 atom stereocenters. The Kier molecular flexibility index (Phi) is 3.50. The van der Waals surface area contributed by atoms with Crippen LogP contribution in [0.3, 0.4) is 0 Å². The van der Waals surface area contributed by atoms with E-state index in [1.165, 1.54) is 0 Å². The van der Waals surface area contributed by atoms with Gasteiger partial charge in [-0.05, 0) is 25.7 Å². The first kappa shape index (κ1) is 12.6. The summed E-state index contributed by atoms with van der Waals surface area (Å²) in [6.45, 7) is 3.55. The van der Waals surface area contributed by atoms with Crippen molar-refractivity contribution in [2.45, 2.75) is 44.6 Å². The van der Waals surface area contributed by atoms with Gasteiger partial charge in [-0.1, -0.05) is 6.92 Å². The zero-order valence-corrected chi connectivity index (χ0v) is 11.2. The third-order valence-electron chi connectivity index (χ3n) is 3.94. The smallest absolute Gasteiger partial charge is 0.290 e. The van der Waals surface area contributed by atoms with Crippen molar-refractivity contribution in [3.05, 3.63) is 11.6 Å². The molecule has 19 heavy (non-hydrogen) atoms. The van der Waals surface area contributed by atoms with Gasteiger partial charge in [-0.3, -0.25) is 9.89 Å². The molecule has 1 amide bonds. The number of amides is 1. The summed E-state index contributed by atoms with van der Waals surface area (Å²) in [4.78, 5) is 16.2. The van der Waals surface area contributed by atoms with Crippen LogP contribution in [0.15, 0.2) is 0 Å². The topological polar surface area (TPSA) is 79.9 Å². The van der Waals surface area contributed by atoms with E-state index in [9.17, 15) is 4.79 Å². The van der Waals surface area contributed by atoms with Gasteiger partial charge in [-0.25, -0.2) is 4.98 Å². The molecule has 1 aliphatic carbocycles. The minimum Gasteiger partial charge on any atom is -0.378 e. The number of aromatic nitrogens is 3.